The van der Waals surface area contributed by atoms with Gasteiger partial charge in [-0.15, -0.1) is 0 Å². The Labute approximate surface area is 199 Å². The van der Waals surface area contributed by atoms with Crippen LogP contribution in [0.2, 0.25) is 0 Å². The number of benzene rings is 2. The van der Waals surface area contributed by atoms with E-state index in [4.69, 9.17) is 4.98 Å². The summed E-state index contributed by atoms with van der Waals surface area (Å²) in [4.78, 5) is 22.3. The minimum atomic E-state index is -3.51. The third-order valence-electron chi connectivity index (χ3n) is 5.88. The average Bonchev–Trinajstić information content (AvgIpc) is 3.47. The number of carbonyl (C=O) groups is 1. The first-order valence-corrected chi connectivity index (χ1v) is 13.5. The number of para-hydroxylation sites is 1. The maximum Gasteiger partial charge on any atom is 0.260 e. The minimum Gasteiger partial charge on any atom is -0.309 e. The zero-order valence-corrected chi connectivity index (χ0v) is 21.0. The van der Waals surface area contributed by atoms with Crippen molar-refractivity contribution in [3.05, 3.63) is 53.6 Å². The van der Waals surface area contributed by atoms with Crippen LogP contribution in [0.15, 0.2) is 47.4 Å². The smallest absolute Gasteiger partial charge is 0.260 e. The number of hydrogen-bond donors (Lipinski definition) is 0. The van der Waals surface area contributed by atoms with Crippen LogP contribution in [-0.2, 0) is 10.0 Å². The quantitative estimate of drug-likeness (QED) is 0.481. The number of amides is 1. The number of fused-ring (bicyclic) bond motifs is 1. The van der Waals surface area contributed by atoms with E-state index in [9.17, 15) is 13.2 Å². The molecule has 1 aliphatic heterocycles. The van der Waals surface area contributed by atoms with Gasteiger partial charge >= 0.3 is 0 Å². The van der Waals surface area contributed by atoms with Crippen molar-refractivity contribution in [2.45, 2.75) is 31.1 Å². The van der Waals surface area contributed by atoms with Crippen LogP contribution in [0.25, 0.3) is 10.2 Å². The van der Waals surface area contributed by atoms with Gasteiger partial charge in [-0.25, -0.2) is 13.4 Å². The molecular formula is C24H30N4O3S2. The van der Waals surface area contributed by atoms with E-state index < -0.39 is 10.0 Å². The molecule has 7 nitrogen and oxygen atoms in total. The Kier molecular flexibility index (Phi) is 7.13. The number of rotatable bonds is 8. The number of anilines is 1. The molecule has 0 aliphatic carbocycles. The lowest BCUT2D eigenvalue weighted by molar-refractivity contribution is 0.0986. The third kappa shape index (κ3) is 5.11. The van der Waals surface area contributed by atoms with E-state index in [0.717, 1.165) is 41.6 Å². The predicted molar refractivity (Wildman–Crippen MR) is 134 cm³/mol. The monoisotopic (exact) mass is 486 g/mol. The van der Waals surface area contributed by atoms with Crippen molar-refractivity contribution in [2.24, 2.45) is 0 Å². The van der Waals surface area contributed by atoms with Gasteiger partial charge in [-0.2, -0.15) is 4.31 Å². The second-order valence-corrected chi connectivity index (χ2v) is 11.6. The Morgan fingerprint density at radius 3 is 2.39 bits per heavy atom. The Bertz CT molecular complexity index is 1230. The number of sulfonamides is 1. The van der Waals surface area contributed by atoms with Crippen LogP contribution in [0.3, 0.4) is 0 Å². The van der Waals surface area contributed by atoms with Crippen molar-refractivity contribution in [2.75, 3.05) is 45.2 Å². The van der Waals surface area contributed by atoms with E-state index in [-0.39, 0.29) is 10.8 Å². The van der Waals surface area contributed by atoms with Crippen molar-refractivity contribution in [3.8, 4) is 0 Å². The lowest BCUT2D eigenvalue weighted by atomic mass is 10.2. The van der Waals surface area contributed by atoms with Crippen molar-refractivity contribution in [3.63, 3.8) is 0 Å². The summed E-state index contributed by atoms with van der Waals surface area (Å²) in [6.45, 7) is 4.51. The molecule has 0 radical (unpaired) electrons. The maximum absolute atomic E-state index is 13.5. The molecule has 0 bridgehead atoms. The van der Waals surface area contributed by atoms with E-state index >= 15 is 0 Å². The standard InChI is InChI=1S/C24H30N4O3S2/c1-18-8-6-9-21-22(18)25-24(32-21)28(17-7-14-26(2)3)23(29)19-10-12-20(13-11-19)33(30,31)27-15-4-5-16-27/h6,8-13H,4-5,7,14-17H2,1-3H3. The summed E-state index contributed by atoms with van der Waals surface area (Å²) in [7, 11) is 0.507. The van der Waals surface area contributed by atoms with Crippen LogP contribution >= 0.6 is 11.3 Å². The fourth-order valence-corrected chi connectivity index (χ4v) is 6.61. The van der Waals surface area contributed by atoms with Gasteiger partial charge in [0.25, 0.3) is 5.91 Å². The summed E-state index contributed by atoms with van der Waals surface area (Å²) < 4.78 is 28.2. The molecule has 1 aliphatic rings. The number of carbonyl (C=O) groups excluding carboxylic acids is 1. The van der Waals surface area contributed by atoms with Crippen LogP contribution in [0.5, 0.6) is 0 Å². The molecule has 33 heavy (non-hydrogen) atoms. The van der Waals surface area contributed by atoms with Gasteiger partial charge in [0.15, 0.2) is 5.13 Å². The number of aromatic nitrogens is 1. The van der Waals surface area contributed by atoms with E-state index in [1.165, 1.54) is 15.6 Å². The molecule has 4 rings (SSSR count). The zero-order valence-electron chi connectivity index (χ0n) is 19.3. The first-order valence-electron chi connectivity index (χ1n) is 11.2. The van der Waals surface area contributed by atoms with Gasteiger partial charge < -0.3 is 4.90 Å². The van der Waals surface area contributed by atoms with Crippen molar-refractivity contribution in [1.29, 1.82) is 0 Å². The molecule has 0 atom stereocenters. The number of hydrogen-bond acceptors (Lipinski definition) is 6. The van der Waals surface area contributed by atoms with Crippen LogP contribution in [0.1, 0.15) is 35.2 Å². The van der Waals surface area contributed by atoms with E-state index in [2.05, 4.69) is 4.90 Å². The normalized spacial score (nSPS) is 14.9. The third-order valence-corrected chi connectivity index (χ3v) is 8.83. The summed E-state index contributed by atoms with van der Waals surface area (Å²) in [6, 6.07) is 12.3. The molecule has 2 aromatic carbocycles. The van der Waals surface area contributed by atoms with Gasteiger partial charge in [-0.1, -0.05) is 23.5 Å². The van der Waals surface area contributed by atoms with Crippen LogP contribution < -0.4 is 4.90 Å². The highest BCUT2D eigenvalue weighted by Gasteiger charge is 2.28. The summed E-state index contributed by atoms with van der Waals surface area (Å²) in [5.74, 6) is -0.171. The molecule has 3 aromatic rings. The van der Waals surface area contributed by atoms with Gasteiger partial charge in [0.1, 0.15) is 0 Å². The molecule has 176 valence electrons. The Morgan fingerprint density at radius 1 is 1.06 bits per heavy atom. The fraction of sp³-hybridized carbons (Fsp3) is 0.417. The first kappa shape index (κ1) is 23.8. The molecule has 1 fully saturated rings. The van der Waals surface area contributed by atoms with Crippen molar-refractivity contribution >= 4 is 42.6 Å². The molecule has 1 amide bonds. The summed E-state index contributed by atoms with van der Waals surface area (Å²) in [6.07, 6.45) is 2.58. The topological polar surface area (TPSA) is 73.8 Å². The molecule has 1 saturated heterocycles. The highest BCUT2D eigenvalue weighted by atomic mass is 32.2. The zero-order chi connectivity index (χ0) is 23.6. The van der Waals surface area contributed by atoms with E-state index in [1.54, 1.807) is 29.2 Å². The van der Waals surface area contributed by atoms with Gasteiger partial charge in [-0.05, 0) is 82.7 Å². The van der Waals surface area contributed by atoms with Crippen molar-refractivity contribution in [1.82, 2.24) is 14.2 Å². The lowest BCUT2D eigenvalue weighted by Crippen LogP contribution is -2.33. The number of aryl methyl sites for hydroxylation is 1. The molecule has 0 unspecified atom stereocenters. The first-order chi connectivity index (χ1) is 15.8. The van der Waals surface area contributed by atoms with Crippen molar-refractivity contribution < 1.29 is 13.2 Å². The fourth-order valence-electron chi connectivity index (χ4n) is 4.02. The molecular weight excluding hydrogens is 456 g/mol. The largest absolute Gasteiger partial charge is 0.309 e. The second-order valence-electron chi connectivity index (χ2n) is 8.67. The average molecular weight is 487 g/mol. The molecule has 9 heteroatoms. The maximum atomic E-state index is 13.5. The second kappa shape index (κ2) is 9.89. The van der Waals surface area contributed by atoms with Crippen LogP contribution in [0.4, 0.5) is 5.13 Å². The summed E-state index contributed by atoms with van der Waals surface area (Å²) in [5.41, 5.74) is 2.44. The molecule has 0 saturated carbocycles. The van der Waals surface area contributed by atoms with Gasteiger partial charge in [-0.3, -0.25) is 9.69 Å². The van der Waals surface area contributed by atoms with Gasteiger partial charge in [0.2, 0.25) is 10.0 Å². The molecule has 2 heterocycles. The Hall–Kier alpha value is -2.33. The Balaban J connectivity index is 1.62. The van der Waals surface area contributed by atoms with Crippen LogP contribution in [0, 0.1) is 6.92 Å². The highest BCUT2D eigenvalue weighted by molar-refractivity contribution is 7.89. The predicted octanol–water partition coefficient (Wildman–Crippen LogP) is 3.99. The highest BCUT2D eigenvalue weighted by Crippen LogP contribution is 2.32. The molecule has 0 spiro atoms. The van der Waals surface area contributed by atoms with Gasteiger partial charge in [0, 0.05) is 25.2 Å². The van der Waals surface area contributed by atoms with Crippen LogP contribution in [-0.4, -0.2) is 68.8 Å². The molecule has 1 aromatic heterocycles. The molecule has 0 N–H and O–H groups in total. The number of thiazole rings is 1. The SMILES string of the molecule is Cc1cccc2sc(N(CCCN(C)C)C(=O)c3ccc(S(=O)(=O)N4CCCC4)cc3)nc12. The minimum absolute atomic E-state index is 0.171. The van der Waals surface area contributed by atoms with E-state index in [0.29, 0.717) is 30.3 Å². The van der Waals surface area contributed by atoms with Gasteiger partial charge in [0.05, 0.1) is 15.1 Å². The summed E-state index contributed by atoms with van der Waals surface area (Å²) >= 11 is 1.50. The summed E-state index contributed by atoms with van der Waals surface area (Å²) in [5, 5.41) is 0.664. The Morgan fingerprint density at radius 2 is 1.76 bits per heavy atom. The lowest BCUT2D eigenvalue weighted by Gasteiger charge is -2.21. The number of nitrogens with zero attached hydrogens (tertiary/aromatic N) is 4. The van der Waals surface area contributed by atoms with E-state index in [1.807, 2.05) is 39.2 Å².